The first-order valence-corrected chi connectivity index (χ1v) is 13.4. The van der Waals surface area contributed by atoms with E-state index in [4.69, 9.17) is 16.6 Å². The first-order valence-electron chi connectivity index (χ1n) is 11.6. The third-order valence-electron chi connectivity index (χ3n) is 6.13. The Morgan fingerprint density at radius 2 is 1.69 bits per heavy atom. The van der Waals surface area contributed by atoms with Crippen LogP contribution in [0.1, 0.15) is 31.4 Å². The molecule has 0 aromatic heterocycles. The number of rotatable bonds is 7. The molecule has 1 N–H and O–H groups in total. The lowest BCUT2D eigenvalue weighted by molar-refractivity contribution is -0.124. The Bertz CT molecular complexity index is 1410. The van der Waals surface area contributed by atoms with Gasteiger partial charge < -0.3 is 4.90 Å². The highest BCUT2D eigenvalue weighted by atomic mass is 35.5. The quantitative estimate of drug-likeness (QED) is 0.495. The van der Waals surface area contributed by atoms with Gasteiger partial charge >= 0.3 is 0 Å². The molecule has 2 atom stereocenters. The van der Waals surface area contributed by atoms with E-state index >= 15 is 0 Å². The molecule has 0 fully saturated rings. The van der Waals surface area contributed by atoms with Crippen molar-refractivity contribution in [1.82, 2.24) is 4.72 Å². The second-order valence-corrected chi connectivity index (χ2v) is 10.7. The third-order valence-corrected chi connectivity index (χ3v) is 7.75. The van der Waals surface area contributed by atoms with Gasteiger partial charge in [0.1, 0.15) is 12.6 Å². The lowest BCUT2D eigenvalue weighted by atomic mass is 9.98. The number of carbonyl (C=O) groups excluding carboxylic acids is 2. The molecule has 186 valence electrons. The van der Waals surface area contributed by atoms with Crippen LogP contribution < -0.4 is 9.62 Å². The number of hydrogen-bond donors (Lipinski definition) is 1. The van der Waals surface area contributed by atoms with Gasteiger partial charge in [0.05, 0.1) is 16.3 Å². The van der Waals surface area contributed by atoms with Crippen molar-refractivity contribution in [2.24, 2.45) is 10.9 Å². The minimum atomic E-state index is -4.10. The summed E-state index contributed by atoms with van der Waals surface area (Å²) >= 11 is 6.34. The van der Waals surface area contributed by atoms with Crippen molar-refractivity contribution in [3.8, 4) is 0 Å². The molecule has 3 aromatic carbocycles. The number of hydrogen-bond acceptors (Lipinski definition) is 5. The van der Waals surface area contributed by atoms with E-state index in [1.54, 1.807) is 36.4 Å². The Morgan fingerprint density at radius 1 is 1.06 bits per heavy atom. The number of amides is 2. The molecule has 1 heterocycles. The fraction of sp³-hybridized carbons (Fsp3) is 0.222. The molecule has 4 rings (SSSR count). The Kier molecular flexibility index (Phi) is 7.56. The van der Waals surface area contributed by atoms with Crippen LogP contribution in [-0.2, 0) is 19.6 Å². The summed E-state index contributed by atoms with van der Waals surface area (Å²) in [4.78, 5) is 32.9. The maximum Gasteiger partial charge on any atom is 0.264 e. The Hall–Kier alpha value is -3.49. The van der Waals surface area contributed by atoms with Crippen molar-refractivity contribution >= 4 is 44.8 Å². The molecule has 0 radical (unpaired) electrons. The van der Waals surface area contributed by atoms with E-state index in [1.165, 1.54) is 17.0 Å². The van der Waals surface area contributed by atoms with Crippen molar-refractivity contribution < 1.29 is 18.0 Å². The molecule has 0 spiro atoms. The topological polar surface area (TPSA) is 95.9 Å². The highest BCUT2D eigenvalue weighted by Gasteiger charge is 2.36. The zero-order valence-electron chi connectivity index (χ0n) is 19.9. The molecule has 1 aliphatic rings. The molecular formula is C27H26ClN3O4S. The van der Waals surface area contributed by atoms with E-state index in [0.717, 1.165) is 5.56 Å². The van der Waals surface area contributed by atoms with Gasteiger partial charge in [0.2, 0.25) is 0 Å². The van der Waals surface area contributed by atoms with E-state index < -0.39 is 28.5 Å². The van der Waals surface area contributed by atoms with Gasteiger partial charge in [-0.1, -0.05) is 80.4 Å². The molecule has 0 aliphatic carbocycles. The van der Waals surface area contributed by atoms with Gasteiger partial charge in [-0.2, -0.15) is 0 Å². The van der Waals surface area contributed by atoms with E-state index in [1.807, 2.05) is 44.2 Å². The maximum absolute atomic E-state index is 13.8. The molecule has 1 unspecified atom stereocenters. The minimum absolute atomic E-state index is 0.0418. The number of sulfonamides is 1. The summed E-state index contributed by atoms with van der Waals surface area (Å²) in [6.45, 7) is 3.40. The molecule has 9 heteroatoms. The molecule has 0 saturated carbocycles. The predicted octanol–water partition coefficient (Wildman–Crippen LogP) is 4.44. The number of benzene rings is 3. The lowest BCUT2D eigenvalue weighted by Gasteiger charge is -2.26. The van der Waals surface area contributed by atoms with Gasteiger partial charge in [-0.15, -0.1) is 0 Å². The van der Waals surface area contributed by atoms with E-state index in [-0.39, 0.29) is 16.7 Å². The second kappa shape index (κ2) is 10.6. The average Bonchev–Trinajstić information content (AvgIpc) is 2.99. The van der Waals surface area contributed by atoms with Gasteiger partial charge in [0.15, 0.2) is 0 Å². The summed E-state index contributed by atoms with van der Waals surface area (Å²) in [6, 6.07) is 21.3. The predicted molar refractivity (Wildman–Crippen MR) is 141 cm³/mol. The Labute approximate surface area is 215 Å². The Balaban J connectivity index is 1.77. The zero-order chi connectivity index (χ0) is 25.9. The van der Waals surface area contributed by atoms with Crippen LogP contribution in [0.4, 0.5) is 5.69 Å². The fourth-order valence-electron chi connectivity index (χ4n) is 4.04. The van der Waals surface area contributed by atoms with Crippen molar-refractivity contribution in [2.45, 2.75) is 31.2 Å². The fourth-order valence-corrected chi connectivity index (χ4v) is 5.21. The van der Waals surface area contributed by atoms with Crippen molar-refractivity contribution in [3.63, 3.8) is 0 Å². The number of anilines is 1. The molecule has 1 aliphatic heterocycles. The van der Waals surface area contributed by atoms with Gasteiger partial charge in [0.25, 0.3) is 21.8 Å². The second-order valence-electron chi connectivity index (χ2n) is 8.60. The van der Waals surface area contributed by atoms with Gasteiger partial charge in [-0.05, 0) is 36.2 Å². The number of benzodiazepines with no additional fused rings is 1. The van der Waals surface area contributed by atoms with Crippen LogP contribution in [0, 0.1) is 5.92 Å². The van der Waals surface area contributed by atoms with Crippen molar-refractivity contribution in [3.05, 3.63) is 95.0 Å². The normalized spacial score (nSPS) is 16.5. The van der Waals surface area contributed by atoms with Crippen LogP contribution in [0.5, 0.6) is 0 Å². The summed E-state index contributed by atoms with van der Waals surface area (Å²) < 4.78 is 27.5. The van der Waals surface area contributed by atoms with Gasteiger partial charge in [-0.3, -0.25) is 14.6 Å². The van der Waals surface area contributed by atoms with E-state index in [0.29, 0.717) is 28.4 Å². The number of nitrogens with zero attached hydrogens (tertiary/aromatic N) is 2. The number of carbonyl (C=O) groups is 2. The molecule has 3 aromatic rings. The molecule has 2 amide bonds. The highest BCUT2D eigenvalue weighted by molar-refractivity contribution is 7.90. The average molecular weight is 524 g/mol. The van der Waals surface area contributed by atoms with Crippen LogP contribution in [0.25, 0.3) is 0 Å². The standard InChI is InChI=1S/C27H26ClN3O4S/c1-3-18(2)25-27(33)31(17-24(32)30-36(34,35)21-12-8-5-9-13-21)23-15-14-20(28)16-22(23)26(29-25)19-10-6-4-7-11-19/h4-16,18,25H,3,17H2,1-2H3,(H,30,32)/t18-,25?/m0/s1. The first-order chi connectivity index (χ1) is 17.2. The smallest absolute Gasteiger partial charge is 0.264 e. The number of halogens is 1. The SMILES string of the molecule is CC[C@H](C)C1N=C(c2ccccc2)c2cc(Cl)ccc2N(CC(=O)NS(=O)(=O)c2ccccc2)C1=O. The molecular weight excluding hydrogens is 498 g/mol. The number of fused-ring (bicyclic) bond motifs is 1. The third kappa shape index (κ3) is 5.34. The van der Waals surface area contributed by atoms with Crippen molar-refractivity contribution in [2.75, 3.05) is 11.4 Å². The van der Waals surface area contributed by atoms with Crippen LogP contribution in [-0.4, -0.2) is 38.5 Å². The molecule has 36 heavy (non-hydrogen) atoms. The summed E-state index contributed by atoms with van der Waals surface area (Å²) in [5.41, 5.74) is 2.42. The maximum atomic E-state index is 13.8. The van der Waals surface area contributed by atoms with E-state index in [2.05, 4.69) is 4.72 Å². The number of nitrogens with one attached hydrogen (secondary N) is 1. The van der Waals surface area contributed by atoms with Crippen LogP contribution in [0.3, 0.4) is 0 Å². The van der Waals surface area contributed by atoms with Gasteiger partial charge in [-0.25, -0.2) is 13.1 Å². The zero-order valence-corrected chi connectivity index (χ0v) is 21.5. The largest absolute Gasteiger partial charge is 0.300 e. The summed E-state index contributed by atoms with van der Waals surface area (Å²) in [6.07, 6.45) is 0.682. The molecule has 7 nitrogen and oxygen atoms in total. The minimum Gasteiger partial charge on any atom is -0.300 e. The molecule has 0 saturated heterocycles. The van der Waals surface area contributed by atoms with Crippen LogP contribution in [0.2, 0.25) is 5.02 Å². The number of aliphatic imine (C=N–C) groups is 1. The van der Waals surface area contributed by atoms with Gasteiger partial charge in [0, 0.05) is 16.1 Å². The first kappa shape index (κ1) is 25.6. The summed E-state index contributed by atoms with van der Waals surface area (Å²) in [5, 5.41) is 0.447. The lowest BCUT2D eigenvalue weighted by Crippen LogP contribution is -2.47. The van der Waals surface area contributed by atoms with Crippen molar-refractivity contribution in [1.29, 1.82) is 0 Å². The Morgan fingerprint density at radius 3 is 2.33 bits per heavy atom. The van der Waals surface area contributed by atoms with E-state index in [9.17, 15) is 18.0 Å². The highest BCUT2D eigenvalue weighted by Crippen LogP contribution is 2.33. The molecule has 0 bridgehead atoms. The van der Waals surface area contributed by atoms with Crippen LogP contribution in [0.15, 0.2) is 88.8 Å². The monoisotopic (exact) mass is 523 g/mol. The van der Waals surface area contributed by atoms with Crippen LogP contribution >= 0.6 is 11.6 Å². The summed E-state index contributed by atoms with van der Waals surface area (Å²) in [5.74, 6) is -1.34. The summed E-state index contributed by atoms with van der Waals surface area (Å²) in [7, 11) is -4.10.